The molecule has 40 heavy (non-hydrogen) atoms. The molecule has 0 saturated heterocycles. The summed E-state index contributed by atoms with van der Waals surface area (Å²) in [5, 5.41) is 14.2. The number of hydrogen-bond acceptors (Lipinski definition) is 5. The Morgan fingerprint density at radius 3 is 2.62 bits per heavy atom. The number of rotatable bonds is 12. The lowest BCUT2D eigenvalue weighted by Gasteiger charge is -2.14. The number of benzene rings is 2. The van der Waals surface area contributed by atoms with Crippen LogP contribution in [-0.4, -0.2) is 39.1 Å². The van der Waals surface area contributed by atoms with Gasteiger partial charge in [0.2, 0.25) is 0 Å². The first-order valence-corrected chi connectivity index (χ1v) is 13.8. The third-order valence-electron chi connectivity index (χ3n) is 6.77. The summed E-state index contributed by atoms with van der Waals surface area (Å²) in [5.74, 6) is -0.552. The second-order valence-corrected chi connectivity index (χ2v) is 10.7. The Morgan fingerprint density at radius 1 is 1.18 bits per heavy atom. The van der Waals surface area contributed by atoms with Crippen molar-refractivity contribution in [3.63, 3.8) is 0 Å². The minimum Gasteiger partial charge on any atom is -0.370 e. The molecule has 9 nitrogen and oxygen atoms in total. The van der Waals surface area contributed by atoms with Crippen LogP contribution in [0.4, 0.5) is 4.39 Å². The molecule has 11 heteroatoms. The van der Waals surface area contributed by atoms with Crippen molar-refractivity contribution >= 4 is 28.6 Å². The van der Waals surface area contributed by atoms with Crippen LogP contribution >= 0.6 is 11.6 Å². The molecule has 0 saturated carbocycles. The van der Waals surface area contributed by atoms with E-state index in [1.54, 1.807) is 24.4 Å². The van der Waals surface area contributed by atoms with Crippen molar-refractivity contribution in [2.45, 2.75) is 58.2 Å². The fourth-order valence-corrected chi connectivity index (χ4v) is 4.77. The molecular weight excluding hydrogens is 531 g/mol. The first-order chi connectivity index (χ1) is 19.1. The second-order valence-electron chi connectivity index (χ2n) is 10.3. The van der Waals surface area contributed by atoms with Gasteiger partial charge in [0.15, 0.2) is 11.8 Å². The molecular formula is C29H36ClFN8O. The molecule has 0 radical (unpaired) electrons. The van der Waals surface area contributed by atoms with Gasteiger partial charge in [-0.15, -0.1) is 0 Å². The average Bonchev–Trinajstić information content (AvgIpc) is 3.31. The van der Waals surface area contributed by atoms with Gasteiger partial charge in [0.25, 0.3) is 0 Å². The van der Waals surface area contributed by atoms with E-state index in [1.807, 2.05) is 31.2 Å². The standard InChI is InChI=1S/C29H36ClFN8O/c1-17(32)4-3-5-20-12-23(26(31)24(30)13-20)25-14-21-16-39(29(40)38-27(21)37-25)22-8-6-19(7-9-22)15-36-18(2)10-11-35-28(33)34/h6-9,12-14,16-18,36H,3-5,10-11,15,32H2,1-2H3,(H4,33,34,35)(H,37,38,40)/t17-,18+/m0/s1. The Kier molecular flexibility index (Phi) is 9.57. The van der Waals surface area contributed by atoms with Gasteiger partial charge in [-0.25, -0.2) is 9.18 Å². The number of guanidine groups is 1. The maximum Gasteiger partial charge on any atom is 0.354 e. The summed E-state index contributed by atoms with van der Waals surface area (Å²) in [6, 6.07) is 13.2. The molecule has 4 aromatic rings. The molecule has 0 aliphatic heterocycles. The van der Waals surface area contributed by atoms with Crippen molar-refractivity contribution in [1.29, 1.82) is 5.41 Å². The number of fused-ring (bicyclic) bond motifs is 1. The third kappa shape index (κ3) is 7.47. The van der Waals surface area contributed by atoms with Crippen molar-refractivity contribution in [3.8, 4) is 16.9 Å². The monoisotopic (exact) mass is 566 g/mol. The van der Waals surface area contributed by atoms with Crippen LogP contribution in [0.1, 0.15) is 44.2 Å². The summed E-state index contributed by atoms with van der Waals surface area (Å²) in [6.07, 6.45) is 5.00. The van der Waals surface area contributed by atoms with E-state index in [9.17, 15) is 4.79 Å². The SMILES string of the molecule is C[C@H](N)CCCc1cc(Cl)c(F)c(-c2cc3cn(-c4ccc(CN[C@H](C)CCNC(=N)N)cc4)c(=O)nc3[nH]2)c1. The normalized spacial score (nSPS) is 12.9. The first kappa shape index (κ1) is 29.3. The van der Waals surface area contributed by atoms with Crippen LogP contribution in [0.5, 0.6) is 0 Å². The molecule has 2 aromatic heterocycles. The van der Waals surface area contributed by atoms with Gasteiger partial charge in [-0.1, -0.05) is 23.7 Å². The quantitative estimate of drug-likeness (QED) is 0.112. The maximum atomic E-state index is 15.0. The van der Waals surface area contributed by atoms with Gasteiger partial charge in [-0.2, -0.15) is 4.98 Å². The maximum absolute atomic E-state index is 15.0. The number of nitrogens with one attached hydrogen (secondary N) is 4. The smallest absolute Gasteiger partial charge is 0.354 e. The van der Waals surface area contributed by atoms with E-state index >= 15 is 4.39 Å². The van der Waals surface area contributed by atoms with Crippen LogP contribution in [0, 0.1) is 11.2 Å². The van der Waals surface area contributed by atoms with Gasteiger partial charge < -0.3 is 27.1 Å². The Labute approximate surface area is 237 Å². The number of H-pyrrole nitrogens is 1. The van der Waals surface area contributed by atoms with Crippen molar-refractivity contribution in [2.24, 2.45) is 11.5 Å². The fraction of sp³-hybridized carbons (Fsp3) is 0.345. The second kappa shape index (κ2) is 13.1. The van der Waals surface area contributed by atoms with Crippen molar-refractivity contribution in [1.82, 2.24) is 25.2 Å². The predicted molar refractivity (Wildman–Crippen MR) is 160 cm³/mol. The van der Waals surface area contributed by atoms with Crippen LogP contribution in [0.2, 0.25) is 5.02 Å². The van der Waals surface area contributed by atoms with Gasteiger partial charge in [-0.05, 0) is 81.0 Å². The predicted octanol–water partition coefficient (Wildman–Crippen LogP) is 4.19. The molecule has 0 amide bonds. The molecule has 0 aliphatic rings. The molecule has 2 heterocycles. The molecule has 0 bridgehead atoms. The van der Waals surface area contributed by atoms with Gasteiger partial charge in [-0.3, -0.25) is 9.98 Å². The number of aromatic amines is 1. The van der Waals surface area contributed by atoms with Gasteiger partial charge in [0.1, 0.15) is 5.65 Å². The van der Waals surface area contributed by atoms with E-state index in [4.69, 9.17) is 28.5 Å². The lowest BCUT2D eigenvalue weighted by molar-refractivity contribution is 0.510. The lowest BCUT2D eigenvalue weighted by Crippen LogP contribution is -2.35. The van der Waals surface area contributed by atoms with Crippen LogP contribution < -0.4 is 27.8 Å². The average molecular weight is 567 g/mol. The highest BCUT2D eigenvalue weighted by Gasteiger charge is 2.15. The summed E-state index contributed by atoms with van der Waals surface area (Å²) >= 11 is 6.22. The van der Waals surface area contributed by atoms with E-state index in [0.29, 0.717) is 41.1 Å². The lowest BCUT2D eigenvalue weighted by atomic mass is 10.0. The number of aromatic nitrogens is 3. The first-order valence-electron chi connectivity index (χ1n) is 13.4. The van der Waals surface area contributed by atoms with Crippen molar-refractivity contribution in [2.75, 3.05) is 6.54 Å². The molecule has 0 unspecified atom stereocenters. The highest BCUT2D eigenvalue weighted by atomic mass is 35.5. The molecule has 2 aromatic carbocycles. The number of nitrogens with two attached hydrogens (primary N) is 2. The highest BCUT2D eigenvalue weighted by molar-refractivity contribution is 6.31. The van der Waals surface area contributed by atoms with Crippen LogP contribution in [0.25, 0.3) is 28.0 Å². The van der Waals surface area contributed by atoms with Crippen LogP contribution in [0.3, 0.4) is 0 Å². The van der Waals surface area contributed by atoms with Crippen molar-refractivity contribution < 1.29 is 4.39 Å². The molecule has 8 N–H and O–H groups in total. The minimum absolute atomic E-state index is 0.0314. The molecule has 4 rings (SSSR count). The van der Waals surface area contributed by atoms with E-state index in [0.717, 1.165) is 36.8 Å². The zero-order valence-corrected chi connectivity index (χ0v) is 23.5. The Hall–Kier alpha value is -3.73. The Morgan fingerprint density at radius 2 is 1.93 bits per heavy atom. The third-order valence-corrected chi connectivity index (χ3v) is 7.05. The molecule has 212 valence electrons. The largest absolute Gasteiger partial charge is 0.370 e. The number of halogens is 2. The van der Waals surface area contributed by atoms with E-state index in [1.165, 1.54) is 4.57 Å². The van der Waals surface area contributed by atoms with E-state index < -0.39 is 11.5 Å². The van der Waals surface area contributed by atoms with Gasteiger partial charge in [0.05, 0.1) is 16.4 Å². The summed E-state index contributed by atoms with van der Waals surface area (Å²) in [4.78, 5) is 20.1. The number of hydrogen-bond donors (Lipinski definition) is 6. The summed E-state index contributed by atoms with van der Waals surface area (Å²) in [5.41, 5.74) is 14.6. The molecule has 0 spiro atoms. The summed E-state index contributed by atoms with van der Waals surface area (Å²) < 4.78 is 16.5. The zero-order valence-electron chi connectivity index (χ0n) is 22.7. The summed E-state index contributed by atoms with van der Waals surface area (Å²) in [7, 11) is 0. The van der Waals surface area contributed by atoms with Crippen molar-refractivity contribution in [3.05, 3.63) is 81.1 Å². The number of aryl methyl sites for hydroxylation is 1. The Bertz CT molecular complexity index is 1530. The van der Waals surface area contributed by atoms with Gasteiger partial charge >= 0.3 is 5.69 Å². The highest BCUT2D eigenvalue weighted by Crippen LogP contribution is 2.31. The fourth-order valence-electron chi connectivity index (χ4n) is 4.53. The number of nitrogens with zero attached hydrogens (tertiary/aromatic N) is 2. The minimum atomic E-state index is -0.520. The van der Waals surface area contributed by atoms with Gasteiger partial charge in [0, 0.05) is 42.3 Å². The molecule has 0 fully saturated rings. The summed E-state index contributed by atoms with van der Waals surface area (Å²) in [6.45, 7) is 5.32. The Balaban J connectivity index is 1.51. The van der Waals surface area contributed by atoms with E-state index in [-0.39, 0.29) is 23.1 Å². The topological polar surface area (TPSA) is 151 Å². The zero-order chi connectivity index (χ0) is 28.8. The van der Waals surface area contributed by atoms with Crippen LogP contribution in [0.15, 0.2) is 53.5 Å². The molecule has 2 atom stereocenters. The van der Waals surface area contributed by atoms with Crippen LogP contribution in [-0.2, 0) is 13.0 Å². The van der Waals surface area contributed by atoms with E-state index in [2.05, 4.69) is 27.5 Å². The molecule has 0 aliphatic carbocycles.